The van der Waals surface area contributed by atoms with E-state index in [1.165, 1.54) is 0 Å². The van der Waals surface area contributed by atoms with Crippen LogP contribution in [0.3, 0.4) is 0 Å². The molecule has 1 aromatic heterocycles. The number of nitrogens with zero attached hydrogens (tertiary/aromatic N) is 2. The fraction of sp³-hybridized carbons (Fsp3) is 0.350. The van der Waals surface area contributed by atoms with Gasteiger partial charge in [0.05, 0.1) is 23.8 Å². The van der Waals surface area contributed by atoms with Crippen molar-refractivity contribution >= 4 is 16.7 Å². The van der Waals surface area contributed by atoms with Gasteiger partial charge >= 0.3 is 5.69 Å². The van der Waals surface area contributed by atoms with Gasteiger partial charge in [-0.3, -0.25) is 9.13 Å². The molecule has 0 aliphatic rings. The minimum atomic E-state index is 0.000638. The highest BCUT2D eigenvalue weighted by atomic mass is 16.5. The standard InChI is InChI=1S/C20H25N3O2/c1-20(2,3)12-23-15-10-9-13(11-16(15)22(4)19(23)24)14-7-6-8-17(25-5)18(14)21/h6-11H,12,21H2,1-5H3. The first-order valence-electron chi connectivity index (χ1n) is 8.35. The van der Waals surface area contributed by atoms with Crippen molar-refractivity contribution < 1.29 is 4.74 Å². The van der Waals surface area contributed by atoms with Gasteiger partial charge in [0.25, 0.3) is 0 Å². The molecule has 0 amide bonds. The third-order valence-electron chi connectivity index (χ3n) is 4.37. The minimum absolute atomic E-state index is 0.000638. The summed E-state index contributed by atoms with van der Waals surface area (Å²) >= 11 is 0. The van der Waals surface area contributed by atoms with Crippen LogP contribution in [0.15, 0.2) is 41.2 Å². The van der Waals surface area contributed by atoms with E-state index in [1.54, 1.807) is 11.7 Å². The summed E-state index contributed by atoms with van der Waals surface area (Å²) in [4.78, 5) is 12.7. The van der Waals surface area contributed by atoms with E-state index in [1.807, 2.05) is 48.0 Å². The summed E-state index contributed by atoms with van der Waals surface area (Å²) in [5.74, 6) is 0.650. The molecule has 3 aromatic rings. The predicted molar refractivity (Wildman–Crippen MR) is 103 cm³/mol. The predicted octanol–water partition coefficient (Wildman–Crippen LogP) is 3.64. The molecule has 2 aromatic carbocycles. The summed E-state index contributed by atoms with van der Waals surface area (Å²) in [7, 11) is 3.41. The van der Waals surface area contributed by atoms with E-state index in [0.29, 0.717) is 18.0 Å². The zero-order valence-corrected chi connectivity index (χ0v) is 15.5. The quantitative estimate of drug-likeness (QED) is 0.741. The van der Waals surface area contributed by atoms with E-state index in [0.717, 1.165) is 22.2 Å². The van der Waals surface area contributed by atoms with Crippen LogP contribution in [-0.4, -0.2) is 16.2 Å². The second-order valence-electron chi connectivity index (χ2n) is 7.61. The average molecular weight is 339 g/mol. The maximum atomic E-state index is 12.7. The number of hydrogen-bond acceptors (Lipinski definition) is 3. The first-order chi connectivity index (χ1) is 11.7. The number of methoxy groups -OCH3 is 1. The first-order valence-corrected chi connectivity index (χ1v) is 8.35. The minimum Gasteiger partial charge on any atom is -0.495 e. The van der Waals surface area contributed by atoms with E-state index in [9.17, 15) is 4.79 Å². The largest absolute Gasteiger partial charge is 0.495 e. The zero-order chi connectivity index (χ0) is 18.4. The molecule has 0 spiro atoms. The second kappa shape index (κ2) is 5.99. The van der Waals surface area contributed by atoms with Gasteiger partial charge in [0.15, 0.2) is 0 Å². The number of rotatable bonds is 3. The Bertz CT molecular complexity index is 991. The van der Waals surface area contributed by atoms with E-state index in [-0.39, 0.29) is 11.1 Å². The Morgan fingerprint density at radius 2 is 1.84 bits per heavy atom. The van der Waals surface area contributed by atoms with Crippen LogP contribution in [0.2, 0.25) is 0 Å². The lowest BCUT2D eigenvalue weighted by Crippen LogP contribution is -2.27. The second-order valence-corrected chi connectivity index (χ2v) is 7.61. The van der Waals surface area contributed by atoms with Crippen LogP contribution in [-0.2, 0) is 13.6 Å². The molecule has 0 unspecified atom stereocenters. The highest BCUT2D eigenvalue weighted by molar-refractivity contribution is 5.87. The molecule has 0 radical (unpaired) electrons. The van der Waals surface area contributed by atoms with Crippen molar-refractivity contribution in [3.63, 3.8) is 0 Å². The van der Waals surface area contributed by atoms with Crippen LogP contribution >= 0.6 is 0 Å². The summed E-state index contributed by atoms with van der Waals surface area (Å²) in [5, 5.41) is 0. The molecule has 0 aliphatic carbocycles. The molecule has 0 saturated carbocycles. The summed E-state index contributed by atoms with van der Waals surface area (Å²) in [6.07, 6.45) is 0. The van der Waals surface area contributed by atoms with Crippen LogP contribution in [0.4, 0.5) is 5.69 Å². The van der Waals surface area contributed by atoms with Crippen LogP contribution < -0.4 is 16.2 Å². The number of ether oxygens (including phenoxy) is 1. The van der Waals surface area contributed by atoms with Crippen molar-refractivity contribution in [2.75, 3.05) is 12.8 Å². The summed E-state index contributed by atoms with van der Waals surface area (Å²) < 4.78 is 8.85. The van der Waals surface area contributed by atoms with Crippen molar-refractivity contribution in [1.82, 2.24) is 9.13 Å². The molecule has 132 valence electrons. The molecular formula is C20H25N3O2. The number of anilines is 1. The van der Waals surface area contributed by atoms with Crippen LogP contribution in [0.5, 0.6) is 5.75 Å². The number of para-hydroxylation sites is 1. The van der Waals surface area contributed by atoms with Crippen molar-refractivity contribution in [3.05, 3.63) is 46.9 Å². The number of aromatic nitrogens is 2. The van der Waals surface area contributed by atoms with Gasteiger partial charge in [0, 0.05) is 19.2 Å². The topological polar surface area (TPSA) is 62.2 Å². The van der Waals surface area contributed by atoms with Gasteiger partial charge in [0.1, 0.15) is 5.75 Å². The monoisotopic (exact) mass is 339 g/mol. The molecular weight excluding hydrogens is 314 g/mol. The van der Waals surface area contributed by atoms with Gasteiger partial charge in [0.2, 0.25) is 0 Å². The Morgan fingerprint density at radius 1 is 1.12 bits per heavy atom. The zero-order valence-electron chi connectivity index (χ0n) is 15.5. The number of aryl methyl sites for hydroxylation is 1. The molecule has 0 atom stereocenters. The number of benzene rings is 2. The maximum absolute atomic E-state index is 12.7. The summed E-state index contributed by atoms with van der Waals surface area (Å²) in [6.45, 7) is 7.06. The van der Waals surface area contributed by atoms with Crippen molar-refractivity contribution in [3.8, 4) is 16.9 Å². The molecule has 0 fully saturated rings. The first kappa shape index (κ1) is 17.1. The Hall–Kier alpha value is -2.69. The lowest BCUT2D eigenvalue weighted by molar-refractivity contribution is 0.342. The third kappa shape index (κ3) is 3.02. The fourth-order valence-corrected chi connectivity index (χ4v) is 3.18. The smallest absolute Gasteiger partial charge is 0.328 e. The molecule has 1 heterocycles. The van der Waals surface area contributed by atoms with E-state index in [2.05, 4.69) is 20.8 Å². The molecule has 2 N–H and O–H groups in total. The third-order valence-corrected chi connectivity index (χ3v) is 4.37. The van der Waals surface area contributed by atoms with Gasteiger partial charge in [-0.25, -0.2) is 4.79 Å². The van der Waals surface area contributed by atoms with Gasteiger partial charge in [-0.15, -0.1) is 0 Å². The van der Waals surface area contributed by atoms with E-state index < -0.39 is 0 Å². The van der Waals surface area contributed by atoms with E-state index in [4.69, 9.17) is 10.5 Å². The van der Waals surface area contributed by atoms with Crippen LogP contribution in [0, 0.1) is 5.41 Å². The summed E-state index contributed by atoms with van der Waals surface area (Å²) in [6, 6.07) is 11.7. The molecule has 0 saturated heterocycles. The molecule has 0 aliphatic heterocycles. The number of nitrogens with two attached hydrogens (primary N) is 1. The molecule has 5 nitrogen and oxygen atoms in total. The van der Waals surface area contributed by atoms with Gasteiger partial charge < -0.3 is 10.5 Å². The lowest BCUT2D eigenvalue weighted by atomic mass is 9.97. The normalized spacial score (nSPS) is 11.9. The number of hydrogen-bond donors (Lipinski definition) is 1. The Kier molecular flexibility index (Phi) is 4.11. The fourth-order valence-electron chi connectivity index (χ4n) is 3.18. The number of fused-ring (bicyclic) bond motifs is 1. The van der Waals surface area contributed by atoms with E-state index >= 15 is 0 Å². The molecule has 3 rings (SSSR count). The lowest BCUT2D eigenvalue weighted by Gasteiger charge is -2.18. The van der Waals surface area contributed by atoms with Crippen LogP contribution in [0.25, 0.3) is 22.2 Å². The highest BCUT2D eigenvalue weighted by Gasteiger charge is 2.18. The summed E-state index contributed by atoms with van der Waals surface area (Å²) in [5.41, 5.74) is 10.6. The van der Waals surface area contributed by atoms with Crippen LogP contribution in [0.1, 0.15) is 20.8 Å². The van der Waals surface area contributed by atoms with Crippen molar-refractivity contribution in [2.24, 2.45) is 12.5 Å². The number of imidazole rings is 1. The Balaban J connectivity index is 2.20. The van der Waals surface area contributed by atoms with Crippen molar-refractivity contribution in [2.45, 2.75) is 27.3 Å². The Morgan fingerprint density at radius 3 is 2.48 bits per heavy atom. The Labute approximate surface area is 147 Å². The molecule has 25 heavy (non-hydrogen) atoms. The van der Waals surface area contributed by atoms with Gasteiger partial charge in [-0.2, -0.15) is 0 Å². The molecule has 5 heteroatoms. The average Bonchev–Trinajstić information content (AvgIpc) is 2.78. The van der Waals surface area contributed by atoms with Gasteiger partial charge in [-0.05, 0) is 29.2 Å². The highest BCUT2D eigenvalue weighted by Crippen LogP contribution is 2.34. The SMILES string of the molecule is COc1cccc(-c2ccc3c(c2)n(C)c(=O)n3CC(C)(C)C)c1N. The van der Waals surface area contributed by atoms with Gasteiger partial charge in [-0.1, -0.05) is 39.0 Å². The number of nitrogen functional groups attached to an aromatic ring is 1. The van der Waals surface area contributed by atoms with Crippen molar-refractivity contribution in [1.29, 1.82) is 0 Å². The maximum Gasteiger partial charge on any atom is 0.328 e. The molecule has 0 bridgehead atoms.